The zero-order valence-corrected chi connectivity index (χ0v) is 16.5. The lowest BCUT2D eigenvalue weighted by Crippen LogP contribution is -2.27. The molecule has 2 aromatic heterocycles. The summed E-state index contributed by atoms with van der Waals surface area (Å²) < 4.78 is 1.37. The molecule has 0 atom stereocenters. The van der Waals surface area contributed by atoms with Gasteiger partial charge in [-0.3, -0.25) is 14.2 Å². The lowest BCUT2D eigenvalue weighted by molar-refractivity contribution is 0.0989. The highest BCUT2D eigenvalue weighted by molar-refractivity contribution is 7.98. The van der Waals surface area contributed by atoms with Crippen LogP contribution >= 0.6 is 11.8 Å². The van der Waals surface area contributed by atoms with Gasteiger partial charge >= 0.3 is 0 Å². The van der Waals surface area contributed by atoms with Crippen LogP contribution in [-0.4, -0.2) is 26.7 Å². The predicted molar refractivity (Wildman–Crippen MR) is 115 cm³/mol. The van der Waals surface area contributed by atoms with Crippen molar-refractivity contribution in [2.45, 2.75) is 11.3 Å². The van der Waals surface area contributed by atoms with E-state index in [1.54, 1.807) is 54.4 Å². The van der Waals surface area contributed by atoms with Gasteiger partial charge in [0.25, 0.3) is 5.56 Å². The number of para-hydroxylation sites is 1. The van der Waals surface area contributed by atoms with Crippen molar-refractivity contribution in [3.8, 4) is 11.4 Å². The highest BCUT2D eigenvalue weighted by atomic mass is 32.2. The van der Waals surface area contributed by atoms with Crippen molar-refractivity contribution in [2.75, 3.05) is 6.26 Å². The molecule has 0 spiro atoms. The van der Waals surface area contributed by atoms with Gasteiger partial charge in [0.15, 0.2) is 11.4 Å². The van der Waals surface area contributed by atoms with E-state index in [0.29, 0.717) is 16.7 Å². The van der Waals surface area contributed by atoms with E-state index in [-0.39, 0.29) is 17.7 Å². The van der Waals surface area contributed by atoms with Crippen LogP contribution in [0.5, 0.6) is 5.75 Å². The molecule has 0 aliphatic heterocycles. The number of aromatic nitrogens is 2. The van der Waals surface area contributed by atoms with Gasteiger partial charge < -0.3 is 5.11 Å². The molecule has 2 aromatic carbocycles. The van der Waals surface area contributed by atoms with Crippen LogP contribution in [0.1, 0.15) is 15.9 Å². The van der Waals surface area contributed by atoms with Gasteiger partial charge in [-0.1, -0.05) is 30.3 Å². The number of nitrogens with zero attached hydrogens (tertiary/aromatic N) is 2. The summed E-state index contributed by atoms with van der Waals surface area (Å²) in [6.07, 6.45) is 3.56. The summed E-state index contributed by atoms with van der Waals surface area (Å²) in [5.41, 5.74) is 0.875. The number of carbonyl (C=O) groups excluding carboxylic acids is 1. The Morgan fingerprint density at radius 3 is 2.45 bits per heavy atom. The second kappa shape index (κ2) is 7.93. The Hall–Kier alpha value is -3.38. The van der Waals surface area contributed by atoms with Crippen LogP contribution in [0.3, 0.4) is 0 Å². The van der Waals surface area contributed by atoms with E-state index < -0.39 is 11.3 Å². The van der Waals surface area contributed by atoms with Crippen molar-refractivity contribution in [2.24, 2.45) is 0 Å². The average molecular weight is 402 g/mol. The molecule has 5 nitrogen and oxygen atoms in total. The lowest BCUT2D eigenvalue weighted by atomic mass is 10.0. The second-order valence-corrected chi connectivity index (χ2v) is 7.40. The van der Waals surface area contributed by atoms with Crippen molar-refractivity contribution >= 4 is 28.6 Å². The van der Waals surface area contributed by atoms with Gasteiger partial charge in [0, 0.05) is 17.5 Å². The quantitative estimate of drug-likeness (QED) is 0.399. The van der Waals surface area contributed by atoms with E-state index in [4.69, 9.17) is 0 Å². The molecule has 0 bridgehead atoms. The third-order valence-electron chi connectivity index (χ3n) is 4.72. The zero-order valence-electron chi connectivity index (χ0n) is 15.7. The molecule has 1 N–H and O–H groups in total. The molecule has 6 heteroatoms. The molecule has 0 amide bonds. The molecule has 0 fully saturated rings. The summed E-state index contributed by atoms with van der Waals surface area (Å²) in [6.45, 7) is 0. The van der Waals surface area contributed by atoms with E-state index in [1.165, 1.54) is 4.57 Å². The van der Waals surface area contributed by atoms with Crippen molar-refractivity contribution < 1.29 is 9.90 Å². The fourth-order valence-electron chi connectivity index (χ4n) is 3.29. The van der Waals surface area contributed by atoms with E-state index in [9.17, 15) is 14.7 Å². The van der Waals surface area contributed by atoms with Crippen molar-refractivity contribution in [3.05, 3.63) is 94.4 Å². The Balaban J connectivity index is 1.88. The molecular weight excluding hydrogens is 384 g/mol. The van der Waals surface area contributed by atoms with Crippen molar-refractivity contribution in [1.29, 1.82) is 0 Å². The normalized spacial score (nSPS) is 10.9. The van der Waals surface area contributed by atoms with E-state index in [1.807, 2.05) is 36.6 Å². The third kappa shape index (κ3) is 3.54. The fraction of sp³-hybridized carbons (Fsp3) is 0.0870. The van der Waals surface area contributed by atoms with E-state index >= 15 is 0 Å². The van der Waals surface area contributed by atoms with Gasteiger partial charge in [-0.25, -0.2) is 4.98 Å². The molecule has 0 unspecified atom stereocenters. The van der Waals surface area contributed by atoms with Gasteiger partial charge in [0.05, 0.1) is 11.1 Å². The van der Waals surface area contributed by atoms with Gasteiger partial charge in [-0.2, -0.15) is 0 Å². The zero-order chi connectivity index (χ0) is 20.4. The smallest absolute Gasteiger partial charge is 0.271 e. The number of thioether (sulfide) groups is 1. The lowest BCUT2D eigenvalue weighted by Gasteiger charge is -2.14. The molecule has 144 valence electrons. The molecule has 29 heavy (non-hydrogen) atoms. The number of pyridine rings is 2. The first-order valence-electron chi connectivity index (χ1n) is 9.04. The number of ketones is 1. The van der Waals surface area contributed by atoms with Gasteiger partial charge in [-0.15, -0.1) is 11.8 Å². The molecule has 4 aromatic rings. The van der Waals surface area contributed by atoms with Crippen molar-refractivity contribution in [1.82, 2.24) is 9.55 Å². The molecule has 0 saturated heterocycles. The largest absolute Gasteiger partial charge is 0.506 e. The Bertz CT molecular complexity index is 1250. The summed E-state index contributed by atoms with van der Waals surface area (Å²) in [4.78, 5) is 31.7. The first-order chi connectivity index (χ1) is 14.1. The molecule has 0 radical (unpaired) electrons. The maximum Gasteiger partial charge on any atom is 0.271 e. The van der Waals surface area contributed by atoms with Gasteiger partial charge in [0.2, 0.25) is 0 Å². The highest BCUT2D eigenvalue weighted by Crippen LogP contribution is 2.27. The number of Topliss-reactive ketones (excluding diaryl/α,β-unsaturated/α-hetero) is 1. The number of fused-ring (bicyclic) bond motifs is 1. The SMILES string of the molecule is CSc1ccc(CC(=O)c2c(O)c3cccnc3n(-c3ccccc3)c2=O)cc1. The Morgan fingerprint density at radius 1 is 1.03 bits per heavy atom. The van der Waals surface area contributed by atoms with Gasteiger partial charge in [-0.05, 0) is 48.2 Å². The maximum absolute atomic E-state index is 13.3. The molecule has 4 rings (SSSR count). The van der Waals surface area contributed by atoms with Gasteiger partial charge in [0.1, 0.15) is 11.3 Å². The standard InChI is InChI=1S/C23H18N2O3S/c1-29-17-11-9-15(10-12-17)14-19(26)20-21(27)18-8-5-13-24-22(18)25(23(20)28)16-6-3-2-4-7-16/h2-13,27H,14H2,1H3. The molecular formula is C23H18N2O3S. The van der Waals surface area contributed by atoms with E-state index in [2.05, 4.69) is 4.98 Å². The second-order valence-electron chi connectivity index (χ2n) is 6.52. The number of hydrogen-bond donors (Lipinski definition) is 1. The van der Waals surface area contributed by atoms with Crippen LogP contribution in [0.4, 0.5) is 0 Å². The number of hydrogen-bond acceptors (Lipinski definition) is 5. The van der Waals surface area contributed by atoms with Crippen LogP contribution in [-0.2, 0) is 6.42 Å². The summed E-state index contributed by atoms with van der Waals surface area (Å²) in [7, 11) is 0. The molecule has 0 saturated carbocycles. The van der Waals surface area contributed by atoms with Crippen LogP contribution in [0.15, 0.2) is 82.6 Å². The summed E-state index contributed by atoms with van der Waals surface area (Å²) in [5, 5.41) is 11.1. The van der Waals surface area contributed by atoms with Crippen molar-refractivity contribution in [3.63, 3.8) is 0 Å². The van der Waals surface area contributed by atoms with Crippen LogP contribution < -0.4 is 5.56 Å². The van der Waals surface area contributed by atoms with Crippen LogP contribution in [0.25, 0.3) is 16.7 Å². The minimum Gasteiger partial charge on any atom is -0.506 e. The third-order valence-corrected chi connectivity index (χ3v) is 5.47. The number of carbonyl (C=O) groups is 1. The first kappa shape index (κ1) is 19.0. The molecule has 0 aliphatic carbocycles. The summed E-state index contributed by atoms with van der Waals surface area (Å²) in [5.74, 6) is -0.754. The number of rotatable bonds is 5. The first-order valence-corrected chi connectivity index (χ1v) is 10.3. The Labute approximate surface area is 171 Å². The summed E-state index contributed by atoms with van der Waals surface area (Å²) >= 11 is 1.61. The predicted octanol–water partition coefficient (Wildman–Crippen LogP) is 4.24. The number of benzene rings is 2. The average Bonchev–Trinajstić information content (AvgIpc) is 2.75. The molecule has 0 aliphatic rings. The highest BCUT2D eigenvalue weighted by Gasteiger charge is 2.23. The fourth-order valence-corrected chi connectivity index (χ4v) is 3.70. The summed E-state index contributed by atoms with van der Waals surface area (Å²) in [6, 6.07) is 19.9. The topological polar surface area (TPSA) is 72.2 Å². The van der Waals surface area contributed by atoms with E-state index in [0.717, 1.165) is 10.5 Å². The molecule has 2 heterocycles. The number of aromatic hydroxyl groups is 1. The minimum absolute atomic E-state index is 0.0258. The van der Waals surface area contributed by atoms with Crippen LogP contribution in [0.2, 0.25) is 0 Å². The monoisotopic (exact) mass is 402 g/mol. The van der Waals surface area contributed by atoms with Crippen LogP contribution in [0, 0.1) is 0 Å². The Morgan fingerprint density at radius 2 is 1.76 bits per heavy atom. The Kier molecular flexibility index (Phi) is 5.18. The maximum atomic E-state index is 13.3. The minimum atomic E-state index is -0.578.